The van der Waals surface area contributed by atoms with Crippen molar-refractivity contribution < 1.29 is 14.3 Å². The highest BCUT2D eigenvalue weighted by molar-refractivity contribution is 7.14. The standard InChI is InChI=1S/C20H18ClN3O3S/c1-3-27-17-11-13(10-14(21)19(17)26-2)7-8-18(25)24-20-23-16(12-28-20)15-6-4-5-9-22-15/h4-12H,3H2,1-2H3,(H,23,24,25)/b8-7+. The first-order chi connectivity index (χ1) is 13.6. The van der Waals surface area contributed by atoms with Crippen molar-refractivity contribution in [3.63, 3.8) is 0 Å². The van der Waals surface area contributed by atoms with Gasteiger partial charge in [0, 0.05) is 17.7 Å². The molecule has 0 saturated carbocycles. The van der Waals surface area contributed by atoms with E-state index in [9.17, 15) is 4.79 Å². The van der Waals surface area contributed by atoms with Crippen LogP contribution in [0.1, 0.15) is 12.5 Å². The fourth-order valence-electron chi connectivity index (χ4n) is 2.43. The molecule has 0 aliphatic heterocycles. The van der Waals surface area contributed by atoms with Gasteiger partial charge in [-0.1, -0.05) is 17.7 Å². The minimum atomic E-state index is -0.299. The zero-order chi connectivity index (χ0) is 19.9. The van der Waals surface area contributed by atoms with Gasteiger partial charge in [-0.05, 0) is 42.8 Å². The van der Waals surface area contributed by atoms with E-state index in [0.717, 1.165) is 11.3 Å². The van der Waals surface area contributed by atoms with E-state index >= 15 is 0 Å². The normalized spacial score (nSPS) is 10.8. The number of nitrogens with zero attached hydrogens (tertiary/aromatic N) is 2. The van der Waals surface area contributed by atoms with E-state index in [1.165, 1.54) is 24.5 Å². The van der Waals surface area contributed by atoms with Crippen molar-refractivity contribution in [1.29, 1.82) is 0 Å². The number of anilines is 1. The van der Waals surface area contributed by atoms with Crippen LogP contribution < -0.4 is 14.8 Å². The van der Waals surface area contributed by atoms with Crippen LogP contribution in [0.2, 0.25) is 5.02 Å². The number of ether oxygens (including phenoxy) is 2. The zero-order valence-corrected chi connectivity index (χ0v) is 16.9. The van der Waals surface area contributed by atoms with Crippen molar-refractivity contribution in [2.45, 2.75) is 6.92 Å². The number of nitrogens with one attached hydrogen (secondary N) is 1. The number of aromatic nitrogens is 2. The van der Waals surface area contributed by atoms with Gasteiger partial charge in [-0.2, -0.15) is 0 Å². The maximum absolute atomic E-state index is 12.2. The number of benzene rings is 1. The average Bonchev–Trinajstić information content (AvgIpc) is 3.16. The van der Waals surface area contributed by atoms with Gasteiger partial charge in [0.25, 0.3) is 0 Å². The number of hydrogen-bond donors (Lipinski definition) is 1. The summed E-state index contributed by atoms with van der Waals surface area (Å²) in [5.41, 5.74) is 2.19. The molecule has 0 unspecified atom stereocenters. The molecule has 0 fully saturated rings. The predicted octanol–water partition coefficient (Wildman–Crippen LogP) is 4.92. The largest absolute Gasteiger partial charge is 0.491 e. The summed E-state index contributed by atoms with van der Waals surface area (Å²) in [7, 11) is 1.53. The van der Waals surface area contributed by atoms with Gasteiger partial charge >= 0.3 is 0 Å². The molecule has 1 amide bonds. The number of rotatable bonds is 7. The van der Waals surface area contributed by atoms with Gasteiger partial charge in [0.05, 0.1) is 24.4 Å². The molecule has 144 valence electrons. The van der Waals surface area contributed by atoms with Crippen LogP contribution in [-0.4, -0.2) is 29.6 Å². The Morgan fingerprint density at radius 1 is 1.32 bits per heavy atom. The molecular weight excluding hydrogens is 398 g/mol. The van der Waals surface area contributed by atoms with Crippen LogP contribution in [0.5, 0.6) is 11.5 Å². The van der Waals surface area contributed by atoms with Crippen molar-refractivity contribution >= 4 is 40.1 Å². The lowest BCUT2D eigenvalue weighted by molar-refractivity contribution is -0.111. The highest BCUT2D eigenvalue weighted by Crippen LogP contribution is 2.36. The zero-order valence-electron chi connectivity index (χ0n) is 15.3. The number of halogens is 1. The second kappa shape index (κ2) is 9.34. The average molecular weight is 416 g/mol. The van der Waals surface area contributed by atoms with Gasteiger partial charge in [-0.3, -0.25) is 15.1 Å². The highest BCUT2D eigenvalue weighted by Gasteiger charge is 2.11. The van der Waals surface area contributed by atoms with E-state index < -0.39 is 0 Å². The summed E-state index contributed by atoms with van der Waals surface area (Å²) in [6.07, 6.45) is 4.76. The first kappa shape index (κ1) is 19.9. The Kier molecular flexibility index (Phi) is 6.62. The molecule has 6 nitrogen and oxygen atoms in total. The van der Waals surface area contributed by atoms with E-state index in [-0.39, 0.29) is 5.91 Å². The summed E-state index contributed by atoms with van der Waals surface area (Å²) in [5.74, 6) is 0.694. The maximum Gasteiger partial charge on any atom is 0.250 e. The second-order valence-electron chi connectivity index (χ2n) is 5.54. The van der Waals surface area contributed by atoms with Crippen molar-refractivity contribution in [3.05, 3.63) is 58.6 Å². The second-order valence-corrected chi connectivity index (χ2v) is 6.81. The lowest BCUT2D eigenvalue weighted by Crippen LogP contribution is -2.07. The molecule has 0 aliphatic rings. The third kappa shape index (κ3) is 4.88. The van der Waals surface area contributed by atoms with Crippen molar-refractivity contribution in [2.24, 2.45) is 0 Å². The molecule has 3 rings (SSSR count). The van der Waals surface area contributed by atoms with Crippen LogP contribution in [0, 0.1) is 0 Å². The SMILES string of the molecule is CCOc1cc(/C=C/C(=O)Nc2nc(-c3ccccn3)cs2)cc(Cl)c1OC. The van der Waals surface area contributed by atoms with Crippen LogP contribution in [0.15, 0.2) is 48.0 Å². The van der Waals surface area contributed by atoms with Crippen molar-refractivity contribution in [3.8, 4) is 22.9 Å². The first-order valence-corrected chi connectivity index (χ1v) is 9.72. The Balaban J connectivity index is 1.70. The van der Waals surface area contributed by atoms with Gasteiger partial charge in [0.2, 0.25) is 5.91 Å². The minimum absolute atomic E-state index is 0.299. The molecule has 0 bridgehead atoms. The molecule has 0 saturated heterocycles. The molecule has 3 aromatic rings. The van der Waals surface area contributed by atoms with Gasteiger partial charge in [0.1, 0.15) is 5.69 Å². The summed E-state index contributed by atoms with van der Waals surface area (Å²) < 4.78 is 10.8. The number of thiazole rings is 1. The molecule has 0 spiro atoms. The Morgan fingerprint density at radius 2 is 2.18 bits per heavy atom. The summed E-state index contributed by atoms with van der Waals surface area (Å²) in [6.45, 7) is 2.35. The molecule has 28 heavy (non-hydrogen) atoms. The Morgan fingerprint density at radius 3 is 2.89 bits per heavy atom. The third-order valence-electron chi connectivity index (χ3n) is 3.62. The van der Waals surface area contributed by atoms with Crippen LogP contribution in [0.4, 0.5) is 5.13 Å². The predicted molar refractivity (Wildman–Crippen MR) is 112 cm³/mol. The number of pyridine rings is 1. The van der Waals surface area contributed by atoms with Gasteiger partial charge in [0.15, 0.2) is 16.6 Å². The van der Waals surface area contributed by atoms with E-state index in [0.29, 0.717) is 34.0 Å². The summed E-state index contributed by atoms with van der Waals surface area (Å²) in [4.78, 5) is 20.8. The quantitative estimate of drug-likeness (QED) is 0.554. The number of carbonyl (C=O) groups is 1. The summed E-state index contributed by atoms with van der Waals surface area (Å²) >= 11 is 7.56. The van der Waals surface area contributed by atoms with E-state index in [4.69, 9.17) is 21.1 Å². The first-order valence-electron chi connectivity index (χ1n) is 8.47. The molecule has 8 heteroatoms. The number of carbonyl (C=O) groups excluding carboxylic acids is 1. The molecule has 1 aromatic carbocycles. The molecular formula is C20H18ClN3O3S. The molecule has 0 atom stereocenters. The Labute approximate surface area is 171 Å². The maximum atomic E-state index is 12.2. The van der Waals surface area contributed by atoms with Crippen molar-refractivity contribution in [1.82, 2.24) is 9.97 Å². The monoisotopic (exact) mass is 415 g/mol. The lowest BCUT2D eigenvalue weighted by Gasteiger charge is -2.11. The Bertz CT molecular complexity index is 990. The molecule has 1 N–H and O–H groups in total. The van der Waals surface area contributed by atoms with Crippen LogP contribution in [-0.2, 0) is 4.79 Å². The third-order valence-corrected chi connectivity index (χ3v) is 4.66. The van der Waals surface area contributed by atoms with Crippen LogP contribution >= 0.6 is 22.9 Å². The van der Waals surface area contributed by atoms with E-state index in [1.54, 1.807) is 24.4 Å². The van der Waals surface area contributed by atoms with Crippen LogP contribution in [0.3, 0.4) is 0 Å². The molecule has 0 aliphatic carbocycles. The fraction of sp³-hybridized carbons (Fsp3) is 0.150. The Hall–Kier alpha value is -2.90. The molecule has 2 heterocycles. The summed E-state index contributed by atoms with van der Waals surface area (Å²) in [6, 6.07) is 9.06. The fourth-order valence-corrected chi connectivity index (χ4v) is 3.43. The molecule has 2 aromatic heterocycles. The topological polar surface area (TPSA) is 73.3 Å². The van der Waals surface area contributed by atoms with Gasteiger partial charge in [-0.15, -0.1) is 11.3 Å². The highest BCUT2D eigenvalue weighted by atomic mass is 35.5. The number of methoxy groups -OCH3 is 1. The van der Waals surface area contributed by atoms with E-state index in [1.807, 2.05) is 30.5 Å². The number of amides is 1. The van der Waals surface area contributed by atoms with Gasteiger partial charge < -0.3 is 9.47 Å². The van der Waals surface area contributed by atoms with Crippen LogP contribution in [0.25, 0.3) is 17.5 Å². The van der Waals surface area contributed by atoms with Crippen molar-refractivity contribution in [2.75, 3.05) is 19.0 Å². The summed E-state index contributed by atoms with van der Waals surface area (Å²) in [5, 5.41) is 5.50. The smallest absolute Gasteiger partial charge is 0.250 e. The number of hydrogen-bond acceptors (Lipinski definition) is 6. The molecule has 0 radical (unpaired) electrons. The lowest BCUT2D eigenvalue weighted by atomic mass is 10.2. The van der Waals surface area contributed by atoms with E-state index in [2.05, 4.69) is 15.3 Å². The minimum Gasteiger partial charge on any atom is -0.491 e. The van der Waals surface area contributed by atoms with Gasteiger partial charge in [-0.25, -0.2) is 4.98 Å².